The highest BCUT2D eigenvalue weighted by atomic mass is 19.2. The molecule has 7 heteroatoms. The molecule has 0 heterocycles. The number of amides is 2. The maximum absolute atomic E-state index is 13.4. The van der Waals surface area contributed by atoms with Gasteiger partial charge in [-0.1, -0.05) is 0 Å². The van der Waals surface area contributed by atoms with Crippen molar-refractivity contribution in [3.05, 3.63) is 29.6 Å². The summed E-state index contributed by atoms with van der Waals surface area (Å²) in [5.41, 5.74) is -0.407. The van der Waals surface area contributed by atoms with Crippen LogP contribution in [0.5, 0.6) is 0 Å². The number of benzene rings is 1. The second-order valence-electron chi connectivity index (χ2n) is 5.24. The Hall–Kier alpha value is -1.76. The smallest absolute Gasteiger partial charge is 0.319 e. The van der Waals surface area contributed by atoms with E-state index in [1.807, 2.05) is 0 Å². The fourth-order valence-corrected chi connectivity index (χ4v) is 2.45. The van der Waals surface area contributed by atoms with Crippen molar-refractivity contribution < 1.29 is 23.1 Å². The van der Waals surface area contributed by atoms with Crippen LogP contribution in [0.25, 0.3) is 0 Å². The third-order valence-corrected chi connectivity index (χ3v) is 3.70. The number of hydrogen-bond acceptors (Lipinski definition) is 2. The average Bonchev–Trinajstić information content (AvgIpc) is 2.45. The van der Waals surface area contributed by atoms with Gasteiger partial charge in [0.05, 0.1) is 5.69 Å². The van der Waals surface area contributed by atoms with Crippen LogP contribution in [0.1, 0.15) is 25.7 Å². The summed E-state index contributed by atoms with van der Waals surface area (Å²) in [5, 5.41) is 13.9. The van der Waals surface area contributed by atoms with E-state index in [2.05, 4.69) is 10.6 Å². The Morgan fingerprint density at radius 1 is 1.10 bits per heavy atom. The van der Waals surface area contributed by atoms with Gasteiger partial charge in [-0.05, 0) is 31.6 Å². The van der Waals surface area contributed by atoms with Gasteiger partial charge in [0.25, 0.3) is 0 Å². The standard InChI is InChI=1S/C14H17F3N2O2/c15-10-5-12(17)13(6-11(10)16)19-14(21)18-9-3-1-8(7-20)2-4-9/h5-6,8-9,20H,1-4,7H2,(H2,18,19,21). The minimum Gasteiger partial charge on any atom is -0.396 e. The second-order valence-corrected chi connectivity index (χ2v) is 5.24. The summed E-state index contributed by atoms with van der Waals surface area (Å²) in [5.74, 6) is -3.31. The molecule has 0 radical (unpaired) electrons. The number of hydrogen-bond donors (Lipinski definition) is 3. The number of carbonyl (C=O) groups is 1. The first kappa shape index (κ1) is 15.6. The molecule has 0 spiro atoms. The highest BCUT2D eigenvalue weighted by Gasteiger charge is 2.22. The molecule has 1 aliphatic carbocycles. The Kier molecular flexibility index (Phi) is 5.06. The fourth-order valence-electron chi connectivity index (χ4n) is 2.45. The molecule has 2 amide bonds. The summed E-state index contributed by atoms with van der Waals surface area (Å²) >= 11 is 0. The van der Waals surface area contributed by atoms with Gasteiger partial charge in [-0.15, -0.1) is 0 Å². The van der Waals surface area contributed by atoms with Crippen molar-refractivity contribution in [2.45, 2.75) is 31.7 Å². The number of aliphatic hydroxyl groups is 1. The monoisotopic (exact) mass is 302 g/mol. The van der Waals surface area contributed by atoms with Crippen molar-refractivity contribution in [1.29, 1.82) is 0 Å². The lowest BCUT2D eigenvalue weighted by molar-refractivity contribution is 0.176. The first-order valence-electron chi connectivity index (χ1n) is 6.82. The molecule has 1 aromatic carbocycles. The molecule has 0 aromatic heterocycles. The average molecular weight is 302 g/mol. The summed E-state index contributed by atoms with van der Waals surface area (Å²) in [7, 11) is 0. The molecule has 1 aliphatic rings. The summed E-state index contributed by atoms with van der Waals surface area (Å²) < 4.78 is 39.2. The third-order valence-electron chi connectivity index (χ3n) is 3.70. The Morgan fingerprint density at radius 3 is 2.33 bits per heavy atom. The molecule has 1 aromatic rings. The molecule has 0 atom stereocenters. The number of rotatable bonds is 3. The third kappa shape index (κ3) is 4.10. The van der Waals surface area contributed by atoms with Crippen molar-refractivity contribution in [3.63, 3.8) is 0 Å². The van der Waals surface area contributed by atoms with Crippen molar-refractivity contribution in [3.8, 4) is 0 Å². The van der Waals surface area contributed by atoms with Crippen molar-refractivity contribution in [2.24, 2.45) is 5.92 Å². The molecular weight excluding hydrogens is 285 g/mol. The van der Waals surface area contributed by atoms with Crippen LogP contribution in [0.15, 0.2) is 12.1 Å². The molecule has 116 valence electrons. The highest BCUT2D eigenvalue weighted by Crippen LogP contribution is 2.24. The zero-order valence-corrected chi connectivity index (χ0v) is 11.3. The number of anilines is 1. The number of aliphatic hydroxyl groups excluding tert-OH is 1. The fraction of sp³-hybridized carbons (Fsp3) is 0.500. The number of carbonyl (C=O) groups excluding carboxylic acids is 1. The van der Waals surface area contributed by atoms with Gasteiger partial charge < -0.3 is 15.7 Å². The molecule has 0 saturated heterocycles. The predicted molar refractivity (Wildman–Crippen MR) is 71.3 cm³/mol. The molecule has 21 heavy (non-hydrogen) atoms. The summed E-state index contributed by atoms with van der Waals surface area (Å²) in [6.07, 6.45) is 3.06. The van der Waals surface area contributed by atoms with Crippen LogP contribution in [-0.4, -0.2) is 23.8 Å². The van der Waals surface area contributed by atoms with E-state index in [4.69, 9.17) is 5.11 Å². The van der Waals surface area contributed by atoms with Crippen molar-refractivity contribution in [2.75, 3.05) is 11.9 Å². The van der Waals surface area contributed by atoms with Gasteiger partial charge in [-0.3, -0.25) is 0 Å². The zero-order chi connectivity index (χ0) is 15.4. The Balaban J connectivity index is 1.89. The van der Waals surface area contributed by atoms with Crippen LogP contribution in [0, 0.1) is 23.4 Å². The van der Waals surface area contributed by atoms with Crippen LogP contribution in [0.4, 0.5) is 23.7 Å². The zero-order valence-electron chi connectivity index (χ0n) is 11.3. The molecule has 4 nitrogen and oxygen atoms in total. The molecule has 0 unspecified atom stereocenters. The molecule has 0 bridgehead atoms. The van der Waals surface area contributed by atoms with E-state index in [0.717, 1.165) is 25.7 Å². The van der Waals surface area contributed by atoms with Crippen LogP contribution in [-0.2, 0) is 0 Å². The van der Waals surface area contributed by atoms with Gasteiger partial charge in [0, 0.05) is 24.8 Å². The van der Waals surface area contributed by atoms with E-state index >= 15 is 0 Å². The van der Waals surface area contributed by atoms with Crippen LogP contribution < -0.4 is 10.6 Å². The Bertz CT molecular complexity index is 517. The maximum Gasteiger partial charge on any atom is 0.319 e. The second kappa shape index (κ2) is 6.80. The minimum atomic E-state index is -1.30. The first-order valence-corrected chi connectivity index (χ1v) is 6.82. The molecule has 3 N–H and O–H groups in total. The first-order chi connectivity index (χ1) is 9.99. The van der Waals surface area contributed by atoms with Crippen LogP contribution >= 0.6 is 0 Å². The quantitative estimate of drug-likeness (QED) is 0.752. The maximum atomic E-state index is 13.4. The Morgan fingerprint density at radius 2 is 1.71 bits per heavy atom. The largest absolute Gasteiger partial charge is 0.396 e. The van der Waals surface area contributed by atoms with Gasteiger partial charge in [0.15, 0.2) is 11.6 Å². The van der Waals surface area contributed by atoms with Crippen LogP contribution in [0.2, 0.25) is 0 Å². The SMILES string of the molecule is O=C(Nc1cc(F)c(F)cc1F)NC1CCC(CO)CC1. The van der Waals surface area contributed by atoms with Gasteiger partial charge >= 0.3 is 6.03 Å². The van der Waals surface area contributed by atoms with E-state index in [-0.39, 0.29) is 18.6 Å². The van der Waals surface area contributed by atoms with Crippen molar-refractivity contribution in [1.82, 2.24) is 5.32 Å². The van der Waals surface area contributed by atoms with E-state index in [1.165, 1.54) is 0 Å². The number of urea groups is 1. The van der Waals surface area contributed by atoms with E-state index < -0.39 is 29.2 Å². The molecule has 0 aliphatic heterocycles. The Labute approximate surface area is 120 Å². The van der Waals surface area contributed by atoms with E-state index in [9.17, 15) is 18.0 Å². The highest BCUT2D eigenvalue weighted by molar-refractivity contribution is 5.89. The number of nitrogens with one attached hydrogen (secondary N) is 2. The normalized spacial score (nSPS) is 21.9. The van der Waals surface area contributed by atoms with Gasteiger partial charge in [0.2, 0.25) is 0 Å². The van der Waals surface area contributed by atoms with Crippen LogP contribution in [0.3, 0.4) is 0 Å². The van der Waals surface area contributed by atoms with Gasteiger partial charge in [-0.25, -0.2) is 18.0 Å². The summed E-state index contributed by atoms with van der Waals surface area (Å²) in [6.45, 7) is 0.138. The lowest BCUT2D eigenvalue weighted by Gasteiger charge is -2.27. The molecular formula is C14H17F3N2O2. The molecule has 1 fully saturated rings. The van der Waals surface area contributed by atoms with E-state index in [0.29, 0.717) is 12.1 Å². The van der Waals surface area contributed by atoms with Gasteiger partial charge in [0.1, 0.15) is 5.82 Å². The predicted octanol–water partition coefficient (Wildman–Crippen LogP) is 2.78. The van der Waals surface area contributed by atoms with Gasteiger partial charge in [-0.2, -0.15) is 0 Å². The number of halogens is 3. The summed E-state index contributed by atoms with van der Waals surface area (Å²) in [6, 6.07) is 0.262. The lowest BCUT2D eigenvalue weighted by atomic mass is 9.87. The van der Waals surface area contributed by atoms with Crippen molar-refractivity contribution >= 4 is 11.7 Å². The lowest BCUT2D eigenvalue weighted by Crippen LogP contribution is -2.40. The molecule has 1 saturated carbocycles. The summed E-state index contributed by atoms with van der Waals surface area (Å²) in [4.78, 5) is 11.7. The van der Waals surface area contributed by atoms with E-state index in [1.54, 1.807) is 0 Å². The topological polar surface area (TPSA) is 61.4 Å². The minimum absolute atomic E-state index is 0.0684. The molecule has 2 rings (SSSR count).